The van der Waals surface area contributed by atoms with Gasteiger partial charge in [0.15, 0.2) is 0 Å². The first-order valence-electron chi connectivity index (χ1n) is 9.83. The van der Waals surface area contributed by atoms with Crippen LogP contribution in [0.1, 0.15) is 105 Å². The van der Waals surface area contributed by atoms with E-state index >= 15 is 0 Å². The quantitative estimate of drug-likeness (QED) is 0.328. The van der Waals surface area contributed by atoms with Crippen LogP contribution < -0.4 is 0 Å². The van der Waals surface area contributed by atoms with Gasteiger partial charge in [-0.3, -0.25) is 19.2 Å². The van der Waals surface area contributed by atoms with Crippen LogP contribution in [0, 0.1) is 0 Å². The Morgan fingerprint density at radius 2 is 0.714 bits per heavy atom. The lowest BCUT2D eigenvalue weighted by Crippen LogP contribution is -1.93. The van der Waals surface area contributed by atoms with Crippen LogP contribution in [0.4, 0.5) is 0 Å². The van der Waals surface area contributed by atoms with E-state index in [-0.39, 0.29) is 0 Å². The predicted molar refractivity (Wildman–Crippen MR) is 109 cm³/mol. The molecule has 168 valence electrons. The molecule has 0 rings (SSSR count). The molecule has 0 aromatic rings. The van der Waals surface area contributed by atoms with Gasteiger partial charge >= 0.3 is 11.9 Å². The van der Waals surface area contributed by atoms with Gasteiger partial charge < -0.3 is 20.4 Å². The SMILES string of the molecule is CC(=O)O.CC(=O)O.CCCCCCCC(=O)O.CCCCCCCC(=O)O. The minimum atomic E-state index is -0.833. The Balaban J connectivity index is -0.000000150. The molecule has 0 fully saturated rings. The molecule has 0 atom stereocenters. The van der Waals surface area contributed by atoms with Gasteiger partial charge in [-0.2, -0.15) is 0 Å². The third-order valence-corrected chi connectivity index (χ3v) is 2.99. The number of hydrogen-bond acceptors (Lipinski definition) is 4. The standard InChI is InChI=1S/2C8H16O2.2C2H4O2/c2*1-2-3-4-5-6-7-8(9)10;2*1-2(3)4/h2*2-7H2,1H3,(H,9,10);2*1H3,(H,3,4). The van der Waals surface area contributed by atoms with Gasteiger partial charge in [0.25, 0.3) is 11.9 Å². The summed E-state index contributed by atoms with van der Waals surface area (Å²) in [4.78, 5) is 38.1. The molecule has 0 unspecified atom stereocenters. The smallest absolute Gasteiger partial charge is 0.303 e. The van der Waals surface area contributed by atoms with Crippen LogP contribution in [-0.4, -0.2) is 44.3 Å². The van der Waals surface area contributed by atoms with Crippen molar-refractivity contribution < 1.29 is 39.6 Å². The van der Waals surface area contributed by atoms with Gasteiger partial charge in [0.2, 0.25) is 0 Å². The molecular weight excluding hydrogens is 368 g/mol. The zero-order chi connectivity index (χ0) is 22.8. The summed E-state index contributed by atoms with van der Waals surface area (Å²) in [6.45, 7) is 6.47. The molecule has 0 saturated heterocycles. The van der Waals surface area contributed by atoms with Crippen molar-refractivity contribution in [1.82, 2.24) is 0 Å². The van der Waals surface area contributed by atoms with E-state index in [1.165, 1.54) is 38.5 Å². The van der Waals surface area contributed by atoms with Gasteiger partial charge in [0.1, 0.15) is 0 Å². The molecule has 0 aliphatic heterocycles. The average Bonchev–Trinajstić information content (AvgIpc) is 2.53. The van der Waals surface area contributed by atoms with E-state index in [1.807, 2.05) is 0 Å². The zero-order valence-electron chi connectivity index (χ0n) is 17.9. The molecule has 0 heterocycles. The second-order valence-electron chi connectivity index (χ2n) is 6.15. The van der Waals surface area contributed by atoms with Crippen LogP contribution in [0.5, 0.6) is 0 Å². The van der Waals surface area contributed by atoms with Crippen LogP contribution in [0.15, 0.2) is 0 Å². The Morgan fingerprint density at radius 1 is 0.500 bits per heavy atom. The van der Waals surface area contributed by atoms with E-state index in [9.17, 15) is 9.59 Å². The van der Waals surface area contributed by atoms with Crippen molar-refractivity contribution in [2.24, 2.45) is 0 Å². The number of rotatable bonds is 12. The Morgan fingerprint density at radius 3 is 0.893 bits per heavy atom. The Bertz CT molecular complexity index is 336. The minimum absolute atomic E-state index is 0.337. The highest BCUT2D eigenvalue weighted by Gasteiger charge is 1.95. The van der Waals surface area contributed by atoms with Crippen molar-refractivity contribution in [1.29, 1.82) is 0 Å². The van der Waals surface area contributed by atoms with Crippen molar-refractivity contribution in [3.8, 4) is 0 Å². The summed E-state index contributed by atoms with van der Waals surface area (Å²) in [5.41, 5.74) is 0. The molecule has 0 saturated carbocycles. The lowest BCUT2D eigenvalue weighted by molar-refractivity contribution is -0.138. The molecular formula is C20H40O8. The molecule has 0 amide bonds. The second kappa shape index (κ2) is 29.6. The van der Waals surface area contributed by atoms with Gasteiger partial charge in [0, 0.05) is 26.7 Å². The average molecular weight is 409 g/mol. The lowest BCUT2D eigenvalue weighted by Gasteiger charge is -1.95. The van der Waals surface area contributed by atoms with Crippen LogP contribution in [0.2, 0.25) is 0 Å². The number of carbonyl (C=O) groups is 4. The van der Waals surface area contributed by atoms with E-state index in [0.717, 1.165) is 39.5 Å². The fourth-order valence-corrected chi connectivity index (χ4v) is 1.76. The molecule has 4 N–H and O–H groups in total. The van der Waals surface area contributed by atoms with Crippen LogP contribution >= 0.6 is 0 Å². The van der Waals surface area contributed by atoms with Gasteiger partial charge in [-0.25, -0.2) is 0 Å². The summed E-state index contributed by atoms with van der Waals surface area (Å²) in [5, 5.41) is 31.4. The molecule has 0 aliphatic carbocycles. The molecule has 0 radical (unpaired) electrons. The Hall–Kier alpha value is -2.12. The first kappa shape index (κ1) is 33.5. The zero-order valence-corrected chi connectivity index (χ0v) is 17.9. The van der Waals surface area contributed by atoms with E-state index in [2.05, 4.69) is 13.8 Å². The Labute approximate surface area is 169 Å². The van der Waals surface area contributed by atoms with Crippen molar-refractivity contribution in [3.63, 3.8) is 0 Å². The topological polar surface area (TPSA) is 149 Å². The summed E-state index contributed by atoms with van der Waals surface area (Å²) >= 11 is 0. The molecule has 0 aliphatic rings. The van der Waals surface area contributed by atoms with Crippen LogP contribution in [-0.2, 0) is 19.2 Å². The molecule has 8 heteroatoms. The lowest BCUT2D eigenvalue weighted by atomic mass is 10.1. The highest BCUT2D eigenvalue weighted by Crippen LogP contribution is 2.04. The summed E-state index contributed by atoms with van der Waals surface area (Å²) in [6, 6.07) is 0. The van der Waals surface area contributed by atoms with Crippen LogP contribution in [0.3, 0.4) is 0 Å². The molecule has 8 nitrogen and oxygen atoms in total. The third-order valence-electron chi connectivity index (χ3n) is 2.99. The number of aliphatic carboxylic acids is 4. The summed E-state index contributed by atoms with van der Waals surface area (Å²) in [7, 11) is 0. The maximum atomic E-state index is 10.0. The normalized spacial score (nSPS) is 8.71. The van der Waals surface area contributed by atoms with Gasteiger partial charge in [-0.05, 0) is 12.8 Å². The van der Waals surface area contributed by atoms with Gasteiger partial charge in [-0.1, -0.05) is 65.2 Å². The van der Waals surface area contributed by atoms with Crippen molar-refractivity contribution in [2.45, 2.75) is 105 Å². The molecule has 0 aromatic heterocycles. The number of carboxylic acids is 4. The van der Waals surface area contributed by atoms with Crippen LogP contribution in [0.25, 0.3) is 0 Å². The van der Waals surface area contributed by atoms with Gasteiger partial charge in [0.05, 0.1) is 0 Å². The molecule has 0 aromatic carbocycles. The Kier molecular flexibility index (Phi) is 35.4. The van der Waals surface area contributed by atoms with E-state index in [0.29, 0.717) is 12.8 Å². The van der Waals surface area contributed by atoms with E-state index < -0.39 is 23.9 Å². The minimum Gasteiger partial charge on any atom is -0.481 e. The fourth-order valence-electron chi connectivity index (χ4n) is 1.76. The maximum absolute atomic E-state index is 10.0. The highest BCUT2D eigenvalue weighted by molar-refractivity contribution is 5.66. The number of unbranched alkanes of at least 4 members (excludes halogenated alkanes) is 8. The van der Waals surface area contributed by atoms with Crippen molar-refractivity contribution in [2.75, 3.05) is 0 Å². The monoisotopic (exact) mass is 408 g/mol. The van der Waals surface area contributed by atoms with Crippen molar-refractivity contribution in [3.05, 3.63) is 0 Å². The van der Waals surface area contributed by atoms with Gasteiger partial charge in [-0.15, -0.1) is 0 Å². The summed E-state index contributed by atoms with van der Waals surface area (Å²) in [5.74, 6) is -3.01. The molecule has 28 heavy (non-hydrogen) atoms. The van der Waals surface area contributed by atoms with E-state index in [1.54, 1.807) is 0 Å². The molecule has 0 bridgehead atoms. The van der Waals surface area contributed by atoms with Crippen molar-refractivity contribution >= 4 is 23.9 Å². The van der Waals surface area contributed by atoms with E-state index in [4.69, 9.17) is 30.0 Å². The summed E-state index contributed by atoms with van der Waals surface area (Å²) in [6.07, 6.45) is 11.8. The first-order chi connectivity index (χ1) is 13.0. The first-order valence-corrected chi connectivity index (χ1v) is 9.83. The number of hydrogen-bond donors (Lipinski definition) is 4. The third kappa shape index (κ3) is 88.6. The molecule has 0 spiro atoms. The summed E-state index contributed by atoms with van der Waals surface area (Å²) < 4.78 is 0. The highest BCUT2D eigenvalue weighted by atomic mass is 16.4. The predicted octanol–water partition coefficient (Wildman–Crippen LogP) is 5.04. The largest absolute Gasteiger partial charge is 0.481 e. The fraction of sp³-hybridized carbons (Fsp3) is 0.800. The maximum Gasteiger partial charge on any atom is 0.303 e. The number of carboxylic acid groups (broad SMARTS) is 4. The second-order valence-corrected chi connectivity index (χ2v) is 6.15.